The minimum Gasteiger partial charge on any atom is -0.881 e. The van der Waals surface area contributed by atoms with E-state index in [9.17, 15) is 0 Å². The van der Waals surface area contributed by atoms with Gasteiger partial charge in [-0.25, -0.2) is 94.1 Å². The van der Waals surface area contributed by atoms with Gasteiger partial charge in [0.1, 0.15) is 145 Å². The summed E-state index contributed by atoms with van der Waals surface area (Å²) in [5, 5.41) is 101. The van der Waals surface area contributed by atoms with Crippen molar-refractivity contribution in [3.8, 4) is 69.4 Å². The highest BCUT2D eigenvalue weighted by atomic mass is 16.4. The van der Waals surface area contributed by atoms with Gasteiger partial charge in [0.05, 0.1) is 56.4 Å². The molecule has 0 aliphatic carbocycles. The third kappa shape index (κ3) is 36.9. The maximum absolute atomic E-state index is 8.98. The molecule has 16 aromatic rings. The summed E-state index contributed by atoms with van der Waals surface area (Å²) in [6.45, 7) is 0. The molecule has 0 fully saturated rings. The van der Waals surface area contributed by atoms with Gasteiger partial charge in [-0.1, -0.05) is 146 Å². The SMILES string of the molecule is C[n+]1ccn(-c2ccccc2)c1.C[n+]1ccn(-c2ccccc2)c1.C[n+]1ccn(-c2ccccc2)c1.C[n+]1ccn(-c2ccccc2)c1.C[n+]1ccn(-c2ccccc2)c1.C[n+]1ccn(-c2ccccc2)c1.C[n+]1ccn(-c2ccccc2)c1.C[n+]1ccn(-c2ccccc2)c1.N#CB([O-])[O-].N#CB([O-])[O-].N#CB([O-])[O-].N#CB([O-])[O-]. The molecule has 0 atom stereocenters. The van der Waals surface area contributed by atoms with Crippen LogP contribution in [0.15, 0.2) is 392 Å². The number of aryl methyl sites for hydroxylation is 8. The Morgan fingerprint density at radius 1 is 0.190 bits per heavy atom. The van der Waals surface area contributed by atoms with Crippen molar-refractivity contribution in [2.24, 2.45) is 56.4 Å². The molecule has 0 aliphatic heterocycles. The van der Waals surface area contributed by atoms with Gasteiger partial charge >= 0.3 is 0 Å². The molecular formula is C84H88B4N20O8. The lowest BCUT2D eigenvalue weighted by molar-refractivity contribution is -0.670. The predicted molar refractivity (Wildman–Crippen MR) is 421 cm³/mol. The number of imidazole rings is 8. The van der Waals surface area contributed by atoms with Crippen LogP contribution in [0.1, 0.15) is 0 Å². The van der Waals surface area contributed by atoms with Crippen LogP contribution in [0.4, 0.5) is 0 Å². The quantitative estimate of drug-likeness (QED) is 0.137. The van der Waals surface area contributed by atoms with Gasteiger partial charge in [-0.15, -0.1) is 0 Å². The molecule has 116 heavy (non-hydrogen) atoms. The summed E-state index contributed by atoms with van der Waals surface area (Å²) < 4.78 is 32.8. The predicted octanol–water partition coefficient (Wildman–Crippen LogP) is -0.554. The Morgan fingerprint density at radius 3 is 0.336 bits per heavy atom. The molecule has 8 heterocycles. The molecule has 8 aromatic heterocycles. The standard InChI is InChI=1S/8C10H11N2.4CBNO2/c8*1-11-7-8-12(9-11)10-5-3-2-4-6-10;4*3-1-2(4)5/h8*2-9H,1H3;;;;/q8*+1;4*-2. The maximum atomic E-state index is 8.98. The fourth-order valence-electron chi connectivity index (χ4n) is 9.62. The zero-order valence-electron chi connectivity index (χ0n) is 65.5. The third-order valence-electron chi connectivity index (χ3n) is 15.0. The van der Waals surface area contributed by atoms with Gasteiger partial charge in [-0.05, 0) is 121 Å². The molecule has 32 heteroatoms. The first kappa shape index (κ1) is 91.9. The highest BCUT2D eigenvalue weighted by molar-refractivity contribution is 6.47. The van der Waals surface area contributed by atoms with E-state index in [1.165, 1.54) is 45.5 Å². The van der Waals surface area contributed by atoms with Crippen molar-refractivity contribution >= 4 is 28.5 Å². The third-order valence-corrected chi connectivity index (χ3v) is 15.0. The minimum atomic E-state index is -2.31. The van der Waals surface area contributed by atoms with Crippen molar-refractivity contribution in [1.29, 1.82) is 21.0 Å². The fourth-order valence-corrected chi connectivity index (χ4v) is 9.62. The second kappa shape index (κ2) is 52.5. The van der Waals surface area contributed by atoms with E-state index in [4.69, 9.17) is 61.2 Å². The first-order chi connectivity index (χ1) is 56.0. The van der Waals surface area contributed by atoms with Crippen LogP contribution in [0.5, 0.6) is 0 Å². The normalized spacial score (nSPS) is 9.34. The van der Waals surface area contributed by atoms with Crippen molar-refractivity contribution in [2.45, 2.75) is 0 Å². The Morgan fingerprint density at radius 2 is 0.276 bits per heavy atom. The summed E-state index contributed by atoms with van der Waals surface area (Å²) in [6, 6.07) is 82.1. The van der Waals surface area contributed by atoms with Crippen LogP contribution in [-0.2, 0) is 56.4 Å². The maximum Gasteiger partial charge on any atom is 0.248 e. The van der Waals surface area contributed by atoms with Gasteiger partial charge in [0.15, 0.2) is 0 Å². The van der Waals surface area contributed by atoms with Crippen LogP contribution >= 0.6 is 0 Å². The van der Waals surface area contributed by atoms with E-state index < -0.39 is 28.5 Å². The number of hydrogen-bond acceptors (Lipinski definition) is 12. The Balaban J connectivity index is 0.000000229. The summed E-state index contributed by atoms with van der Waals surface area (Å²) in [5.41, 5.74) is 9.54. The van der Waals surface area contributed by atoms with E-state index in [1.807, 2.05) is 388 Å². The number of hydrogen-bond donors (Lipinski definition) is 0. The molecule has 0 saturated carbocycles. The zero-order chi connectivity index (χ0) is 84.2. The summed E-state index contributed by atoms with van der Waals surface area (Å²) in [4.78, 5) is 0. The smallest absolute Gasteiger partial charge is 0.248 e. The summed E-state index contributed by atoms with van der Waals surface area (Å²) in [5.74, 6) is 3.67. The molecule has 0 bridgehead atoms. The number of benzene rings is 8. The van der Waals surface area contributed by atoms with E-state index in [0.29, 0.717) is 0 Å². The molecule has 16 rings (SSSR count). The minimum absolute atomic E-state index is 0.917. The van der Waals surface area contributed by atoms with Crippen LogP contribution < -0.4 is 76.7 Å². The number of nitrogens with zero attached hydrogens (tertiary/aromatic N) is 20. The zero-order valence-corrected chi connectivity index (χ0v) is 65.5. The highest BCUT2D eigenvalue weighted by Crippen LogP contribution is 2.10. The van der Waals surface area contributed by atoms with Gasteiger partial charge in [0, 0.05) is 28.5 Å². The Kier molecular flexibility index (Phi) is 41.6. The second-order valence-electron chi connectivity index (χ2n) is 24.4. The molecule has 0 spiro atoms. The average Bonchev–Trinajstić information content (AvgIpc) is 1.80. The van der Waals surface area contributed by atoms with E-state index in [-0.39, 0.29) is 0 Å². The Labute approximate surface area is 677 Å². The van der Waals surface area contributed by atoms with Gasteiger partial charge in [0.2, 0.25) is 50.6 Å². The topological polar surface area (TPSA) is 350 Å². The largest absolute Gasteiger partial charge is 0.881 e. The van der Waals surface area contributed by atoms with Crippen LogP contribution in [-0.4, -0.2) is 65.0 Å². The average molecular weight is 1550 g/mol. The van der Waals surface area contributed by atoms with Gasteiger partial charge in [-0.2, -0.15) is 0 Å². The molecule has 584 valence electrons. The van der Waals surface area contributed by atoms with Crippen molar-refractivity contribution in [1.82, 2.24) is 36.5 Å². The van der Waals surface area contributed by atoms with E-state index in [2.05, 4.69) is 134 Å². The lowest BCUT2D eigenvalue weighted by atomic mass is 9.97. The second-order valence-corrected chi connectivity index (χ2v) is 24.4. The molecule has 0 radical (unpaired) electrons. The van der Waals surface area contributed by atoms with E-state index in [1.54, 1.807) is 0 Å². The molecule has 8 aromatic carbocycles. The summed E-state index contributed by atoms with van der Waals surface area (Å²) >= 11 is 0. The van der Waals surface area contributed by atoms with Crippen LogP contribution in [0.3, 0.4) is 0 Å². The van der Waals surface area contributed by atoms with Crippen molar-refractivity contribution in [3.05, 3.63) is 392 Å². The van der Waals surface area contributed by atoms with Crippen LogP contribution in [0.2, 0.25) is 0 Å². The number of nitriles is 4. The fraction of sp³-hybridized carbons (Fsp3) is 0.0952. The lowest BCUT2D eigenvalue weighted by Crippen LogP contribution is -2.43. The molecule has 0 aliphatic rings. The molecule has 0 amide bonds. The molecule has 28 nitrogen and oxygen atoms in total. The van der Waals surface area contributed by atoms with E-state index in [0.717, 1.165) is 23.9 Å². The monoisotopic (exact) mass is 1550 g/mol. The highest BCUT2D eigenvalue weighted by Gasteiger charge is 2.08. The van der Waals surface area contributed by atoms with Gasteiger partial charge in [-0.3, -0.25) is 0 Å². The molecule has 0 saturated heterocycles. The van der Waals surface area contributed by atoms with Gasteiger partial charge < -0.3 is 40.2 Å². The first-order valence-corrected chi connectivity index (χ1v) is 35.5. The van der Waals surface area contributed by atoms with Crippen molar-refractivity contribution in [2.75, 3.05) is 0 Å². The number of aromatic nitrogens is 16. The lowest BCUT2D eigenvalue weighted by Gasteiger charge is -2.12. The van der Waals surface area contributed by atoms with Crippen molar-refractivity contribution < 1.29 is 76.7 Å². The van der Waals surface area contributed by atoms with Crippen molar-refractivity contribution in [3.63, 3.8) is 0 Å². The van der Waals surface area contributed by atoms with Crippen LogP contribution in [0, 0.1) is 44.9 Å². The molecule has 0 N–H and O–H groups in total. The van der Waals surface area contributed by atoms with Gasteiger partial charge in [0.25, 0.3) is 0 Å². The summed E-state index contributed by atoms with van der Waals surface area (Å²) in [7, 11) is 6.87. The molecular weight excluding hydrogens is 1460 g/mol. The number of para-hydroxylation sites is 8. The van der Waals surface area contributed by atoms with Crippen LogP contribution in [0.25, 0.3) is 45.5 Å². The van der Waals surface area contributed by atoms with E-state index >= 15 is 0 Å². The number of rotatable bonds is 8. The summed E-state index contributed by atoms with van der Waals surface area (Å²) in [6.07, 6.45) is 48.8. The Bertz CT molecular complexity index is 4470. The first-order valence-electron chi connectivity index (χ1n) is 35.5. The Hall–Kier alpha value is -14.7. The molecule has 0 unspecified atom stereocenters.